The van der Waals surface area contributed by atoms with Crippen molar-refractivity contribution in [3.63, 3.8) is 0 Å². The lowest BCUT2D eigenvalue weighted by Gasteiger charge is -2.25. The Labute approximate surface area is 93.4 Å². The fourth-order valence-corrected chi connectivity index (χ4v) is 22.6. The Morgan fingerprint density at radius 1 is 1.08 bits per heavy atom. The first kappa shape index (κ1) is 13.8. The van der Waals surface area contributed by atoms with Gasteiger partial charge in [0.2, 0.25) is 0 Å². The minimum absolute atomic E-state index is 0.308. The highest BCUT2D eigenvalue weighted by Crippen LogP contribution is 2.01. The van der Waals surface area contributed by atoms with E-state index in [9.17, 15) is 0 Å². The van der Waals surface area contributed by atoms with Crippen molar-refractivity contribution in [1.82, 2.24) is 4.57 Å². The van der Waals surface area contributed by atoms with E-state index in [-0.39, 0.29) is 0 Å². The molecule has 0 rings (SSSR count). The molecule has 0 unspecified atom stereocenters. The molecule has 0 aliphatic rings. The van der Waals surface area contributed by atoms with E-state index in [1.54, 1.807) is 9.76 Å². The molecule has 0 saturated carbocycles. The highest BCUT2D eigenvalue weighted by Gasteiger charge is 2.08. The molecule has 1 nitrogen and oxygen atoms in total. The first-order valence-corrected chi connectivity index (χ1v) is 20.1. The molecule has 0 fully saturated rings. The summed E-state index contributed by atoms with van der Waals surface area (Å²) in [5.74, 6) is 1.77. The number of hydrogen-bond donors (Lipinski definition) is 0. The standard InChI is InChI=1S/C8H27NSi4/c1-7(2)5-9(6-8(3)4)11-13-12-10/h7-8H,5-6,11-13H2,1-4,10H3. The molecule has 0 aliphatic heterocycles. The molecule has 0 spiro atoms. The monoisotopic (exact) mass is 249 g/mol. The summed E-state index contributed by atoms with van der Waals surface area (Å²) in [5, 5.41) is 0. The van der Waals surface area contributed by atoms with Crippen molar-refractivity contribution in [1.29, 1.82) is 0 Å². The van der Waals surface area contributed by atoms with Crippen molar-refractivity contribution >= 4 is 36.1 Å². The van der Waals surface area contributed by atoms with Gasteiger partial charge in [-0.05, 0) is 43.2 Å². The second-order valence-electron chi connectivity index (χ2n) is 4.90. The first-order chi connectivity index (χ1) is 6.06. The second-order valence-corrected chi connectivity index (χ2v) is 29.8. The first-order valence-electron chi connectivity index (χ1n) is 5.78. The van der Waals surface area contributed by atoms with Crippen molar-refractivity contribution in [3.05, 3.63) is 0 Å². The lowest BCUT2D eigenvalue weighted by atomic mass is 10.2. The van der Waals surface area contributed by atoms with Crippen LogP contribution in [0.3, 0.4) is 0 Å². The third-order valence-electron chi connectivity index (χ3n) is 2.07. The van der Waals surface area contributed by atoms with E-state index in [1.807, 2.05) is 0 Å². The van der Waals surface area contributed by atoms with E-state index in [2.05, 4.69) is 32.3 Å². The SMILES string of the molecule is CC(C)CN(CC(C)C)[SiH2][SiH2][SiH2][SiH3]. The second kappa shape index (κ2) is 8.16. The quantitative estimate of drug-likeness (QED) is 0.478. The molecule has 0 aliphatic carbocycles. The maximum atomic E-state index is 2.87. The zero-order valence-electron chi connectivity index (χ0n) is 10.1. The topological polar surface area (TPSA) is 3.24 Å². The minimum atomic E-state index is 0.308. The molecule has 0 aromatic heterocycles. The van der Waals surface area contributed by atoms with Crippen LogP contribution in [0.4, 0.5) is 0 Å². The molecule has 0 bridgehead atoms. The van der Waals surface area contributed by atoms with Gasteiger partial charge in [-0.15, -0.1) is 0 Å². The van der Waals surface area contributed by atoms with Gasteiger partial charge in [0.05, 0.1) is 9.20 Å². The molecule has 0 aromatic rings. The van der Waals surface area contributed by atoms with Crippen molar-refractivity contribution in [2.45, 2.75) is 27.7 Å². The fourth-order valence-electron chi connectivity index (χ4n) is 1.67. The summed E-state index contributed by atoms with van der Waals surface area (Å²) in [5.41, 5.74) is 0. The fraction of sp³-hybridized carbons (Fsp3) is 1.00. The maximum absolute atomic E-state index is 2.87. The van der Waals surface area contributed by atoms with E-state index in [0.29, 0.717) is 26.3 Å². The van der Waals surface area contributed by atoms with Crippen LogP contribution in [-0.4, -0.2) is 53.7 Å². The minimum Gasteiger partial charge on any atom is -0.332 e. The number of hydrogen-bond acceptors (Lipinski definition) is 1. The van der Waals surface area contributed by atoms with Gasteiger partial charge in [0.15, 0.2) is 0 Å². The molecule has 0 saturated heterocycles. The van der Waals surface area contributed by atoms with Gasteiger partial charge < -0.3 is 4.57 Å². The molecular formula is C8H27NSi4. The summed E-state index contributed by atoms with van der Waals surface area (Å²) in [6, 6.07) is 0. The van der Waals surface area contributed by atoms with Gasteiger partial charge in [-0.1, -0.05) is 27.7 Å². The summed E-state index contributed by atoms with van der Waals surface area (Å²) in [7, 11) is 3.06. The van der Waals surface area contributed by atoms with Gasteiger partial charge in [-0.25, -0.2) is 0 Å². The Kier molecular flexibility index (Phi) is 8.68. The number of rotatable bonds is 7. The smallest absolute Gasteiger partial charge is 0.0761 e. The average Bonchev–Trinajstić information content (AvgIpc) is 1.98. The summed E-state index contributed by atoms with van der Waals surface area (Å²) in [4.78, 5) is 0. The molecule has 0 aromatic carbocycles. The van der Waals surface area contributed by atoms with Gasteiger partial charge in [-0.3, -0.25) is 0 Å². The van der Waals surface area contributed by atoms with Gasteiger partial charge in [0, 0.05) is 8.55 Å². The van der Waals surface area contributed by atoms with Crippen LogP contribution < -0.4 is 0 Å². The normalized spacial score (nSPS) is 15.0. The van der Waals surface area contributed by atoms with Crippen LogP contribution in [0.2, 0.25) is 0 Å². The molecule has 13 heavy (non-hydrogen) atoms. The largest absolute Gasteiger partial charge is 0.332 e. The third-order valence-corrected chi connectivity index (χ3v) is 37.5. The molecule has 5 heteroatoms. The van der Waals surface area contributed by atoms with Crippen molar-refractivity contribution in [3.8, 4) is 0 Å². The maximum Gasteiger partial charge on any atom is 0.0761 e. The van der Waals surface area contributed by atoms with E-state index < -0.39 is 0 Å². The van der Waals surface area contributed by atoms with Crippen LogP contribution in [0, 0.1) is 11.8 Å². The third kappa shape index (κ3) is 9.14. The molecule has 80 valence electrons. The Hall–Kier alpha value is 0.828. The Morgan fingerprint density at radius 2 is 1.54 bits per heavy atom. The summed E-state index contributed by atoms with van der Waals surface area (Å²) in [6.07, 6.45) is 0. The Morgan fingerprint density at radius 3 is 1.85 bits per heavy atom. The highest BCUT2D eigenvalue weighted by molar-refractivity contribution is 7.40. The molecule has 0 amide bonds. The highest BCUT2D eigenvalue weighted by atomic mass is 29.7. The van der Waals surface area contributed by atoms with Crippen LogP contribution in [0.15, 0.2) is 0 Å². The summed E-state index contributed by atoms with van der Waals surface area (Å²) in [6.45, 7) is 12.2. The van der Waals surface area contributed by atoms with Crippen molar-refractivity contribution in [2.75, 3.05) is 13.1 Å². The average molecular weight is 250 g/mol. The number of nitrogens with zero attached hydrogens (tertiary/aromatic N) is 1. The van der Waals surface area contributed by atoms with Gasteiger partial charge >= 0.3 is 0 Å². The van der Waals surface area contributed by atoms with Gasteiger partial charge in [0.1, 0.15) is 0 Å². The lowest BCUT2D eigenvalue weighted by molar-refractivity contribution is 0.349. The summed E-state index contributed by atoms with van der Waals surface area (Å²) >= 11 is 0. The van der Waals surface area contributed by atoms with Crippen LogP contribution >= 0.6 is 0 Å². The van der Waals surface area contributed by atoms with Gasteiger partial charge in [0.25, 0.3) is 0 Å². The zero-order chi connectivity index (χ0) is 10.3. The van der Waals surface area contributed by atoms with E-state index >= 15 is 0 Å². The molecule has 0 atom stereocenters. The Bertz CT molecular complexity index is 109. The van der Waals surface area contributed by atoms with E-state index in [0.717, 1.165) is 11.8 Å². The molecule has 0 heterocycles. The van der Waals surface area contributed by atoms with Crippen LogP contribution in [-0.2, 0) is 0 Å². The van der Waals surface area contributed by atoms with Crippen LogP contribution in [0.25, 0.3) is 0 Å². The van der Waals surface area contributed by atoms with E-state index in [1.165, 1.54) is 13.1 Å². The Balaban J connectivity index is 3.73. The predicted octanol–water partition coefficient (Wildman–Crippen LogP) is -1.87. The van der Waals surface area contributed by atoms with Crippen molar-refractivity contribution in [2.24, 2.45) is 11.8 Å². The molecule has 0 radical (unpaired) electrons. The molecular weight excluding hydrogens is 222 g/mol. The molecule has 0 N–H and O–H groups in total. The van der Waals surface area contributed by atoms with E-state index in [4.69, 9.17) is 0 Å². The van der Waals surface area contributed by atoms with Crippen LogP contribution in [0.1, 0.15) is 27.7 Å². The van der Waals surface area contributed by atoms with Crippen LogP contribution in [0.5, 0.6) is 0 Å². The van der Waals surface area contributed by atoms with Gasteiger partial charge in [-0.2, -0.15) is 0 Å². The zero-order valence-corrected chi connectivity index (χ0v) is 16.4. The summed E-state index contributed by atoms with van der Waals surface area (Å²) < 4.78 is 2.87. The van der Waals surface area contributed by atoms with Crippen molar-refractivity contribution < 1.29 is 0 Å². The lowest BCUT2D eigenvalue weighted by Crippen LogP contribution is -2.39. The predicted molar refractivity (Wildman–Crippen MR) is 76.8 cm³/mol.